The van der Waals surface area contributed by atoms with E-state index in [-0.39, 0.29) is 81.4 Å². The maximum Gasteiger partial charge on any atom is 0.410 e. The molecule has 0 radical (unpaired) electrons. The highest BCUT2D eigenvalue weighted by Gasteiger charge is 2.48. The lowest BCUT2D eigenvalue weighted by Crippen LogP contribution is -2.60. The SMILES string of the molecule is CCC(C)C(C(CC(=O)N1CCCC1C(OC)C(C)C(=O)NC(C)C(OC1OC(CO)C(O)C(O)C1O)c1ccccc1)OC)N(C)C(=O)C(NC(=O)C(C(C)C)N(C)C(=O)OCc1ccc(NC(=O)C(CCCNC(N)=O)NC(=O)C(NC(=O)CCCCCN2C(=O)CC(S)C2=O)C(C)C)cc1)C(C)C. The molecule has 12 amide bonds. The normalized spacial score (nSPS) is 22.0. The van der Waals surface area contributed by atoms with Crippen molar-refractivity contribution in [3.8, 4) is 0 Å². The Balaban J connectivity index is 1.19. The van der Waals surface area contributed by atoms with Crippen molar-refractivity contribution < 1.29 is 96.9 Å². The molecule has 0 aromatic heterocycles. The molecule has 2 aromatic rings. The van der Waals surface area contributed by atoms with E-state index in [2.05, 4.69) is 44.5 Å². The fraction of sp³-hybridized carbons (Fsp3) is 0.689. The van der Waals surface area contributed by atoms with Crippen LogP contribution in [0.3, 0.4) is 0 Å². The molecular weight excluding hydrogens is 1390 g/mol. The first-order valence-electron chi connectivity index (χ1n) is 36.8. The number of likely N-dealkylation sites (N-methyl/N-ethyl adjacent to an activating group) is 2. The predicted octanol–water partition coefficient (Wildman–Crippen LogP) is 3.03. The van der Waals surface area contributed by atoms with Gasteiger partial charge in [0.15, 0.2) is 6.29 Å². The van der Waals surface area contributed by atoms with Crippen molar-refractivity contribution in [2.75, 3.05) is 59.9 Å². The summed E-state index contributed by atoms with van der Waals surface area (Å²) in [6.45, 7) is 17.6. The maximum absolute atomic E-state index is 14.9. The molecule has 18 atom stereocenters. The van der Waals surface area contributed by atoms with Crippen LogP contribution in [0.15, 0.2) is 54.6 Å². The Bertz CT molecular complexity index is 3230. The summed E-state index contributed by atoms with van der Waals surface area (Å²) in [7, 11) is 5.96. The standard InChI is InChI=1S/C74H117N11O20S/c1-15-43(8)60(51(101-13)36-55(88)84-35-23-27-50(84)64(102-14)44(9)66(93)77-45(10)65(47-24-18-16-19-25-47)105-72-63(92)62(91)61(90)52(38-86)104-72)82(11)71(98)58(41(4)5)81-69(96)59(42(6)7)83(12)74(100)103-39-46-29-31-48(32-30-46)78-67(94)49(26-22-33-76-73(75)99)79-68(95)57(40(2)3)80-54(87)28-20-17-21-34-85-56(89)37-53(106)70(85)97/h16,18-19,24-25,29-32,40-45,49-53,57-65,72,86,90-92,106H,15,17,20-23,26-28,33-39H2,1-14H3,(H,77,93)(H,78,94)(H,79,95)(H,80,87)(H,81,96)(H3,75,76,99). The van der Waals surface area contributed by atoms with Crippen LogP contribution in [-0.2, 0) is 73.4 Å². The summed E-state index contributed by atoms with van der Waals surface area (Å²) in [6.07, 6.45) is -7.73. The number of thiol groups is 1. The molecule has 3 aliphatic rings. The zero-order chi connectivity index (χ0) is 79.0. The Kier molecular flexibility index (Phi) is 36.0. The van der Waals surface area contributed by atoms with Crippen LogP contribution in [0.1, 0.15) is 157 Å². The number of unbranched alkanes of at least 4 members (excludes halogenated alkanes) is 2. The Morgan fingerprint density at radius 1 is 0.745 bits per heavy atom. The van der Waals surface area contributed by atoms with Crippen LogP contribution in [0.5, 0.6) is 0 Å². The minimum absolute atomic E-state index is 0.0555. The van der Waals surface area contributed by atoms with Gasteiger partial charge in [0.05, 0.1) is 54.5 Å². The molecule has 5 rings (SSSR count). The average Bonchev–Trinajstić information content (AvgIpc) is 0.969. The van der Waals surface area contributed by atoms with Gasteiger partial charge >= 0.3 is 12.1 Å². The van der Waals surface area contributed by atoms with Gasteiger partial charge in [-0.1, -0.05) is 118 Å². The number of hydrogen-bond donors (Lipinski definition) is 12. The van der Waals surface area contributed by atoms with Gasteiger partial charge in [0, 0.05) is 66.5 Å². The molecule has 3 heterocycles. The van der Waals surface area contributed by atoms with Gasteiger partial charge in [0.1, 0.15) is 61.3 Å². The van der Waals surface area contributed by atoms with Crippen LogP contribution in [0, 0.1) is 29.6 Å². The zero-order valence-corrected chi connectivity index (χ0v) is 64.7. The number of nitrogens with zero attached hydrogens (tertiary/aromatic N) is 4. The number of ether oxygens (including phenoxy) is 5. The van der Waals surface area contributed by atoms with Gasteiger partial charge in [-0.15, -0.1) is 0 Å². The largest absolute Gasteiger partial charge is 0.445 e. The van der Waals surface area contributed by atoms with Crippen molar-refractivity contribution >= 4 is 83.6 Å². The molecule has 32 heteroatoms. The predicted molar refractivity (Wildman–Crippen MR) is 394 cm³/mol. The van der Waals surface area contributed by atoms with Crippen molar-refractivity contribution in [3.63, 3.8) is 0 Å². The molecule has 18 unspecified atom stereocenters. The second-order valence-electron chi connectivity index (χ2n) is 29.0. The van der Waals surface area contributed by atoms with Gasteiger partial charge in [0.2, 0.25) is 53.2 Å². The number of primary amides is 1. The van der Waals surface area contributed by atoms with Gasteiger partial charge in [0.25, 0.3) is 0 Å². The summed E-state index contributed by atoms with van der Waals surface area (Å²) in [5.74, 6) is -6.45. The number of imide groups is 1. The summed E-state index contributed by atoms with van der Waals surface area (Å²) in [4.78, 5) is 154. The molecule has 2 aromatic carbocycles. The van der Waals surface area contributed by atoms with Crippen LogP contribution in [0.25, 0.3) is 0 Å². The maximum atomic E-state index is 14.9. The number of hydrogen-bond acceptors (Lipinski definition) is 21. The molecule has 3 saturated heterocycles. The first kappa shape index (κ1) is 89.1. The lowest BCUT2D eigenvalue weighted by Gasteiger charge is -2.42. The highest BCUT2D eigenvalue weighted by molar-refractivity contribution is 7.81. The number of aliphatic hydroxyl groups excluding tert-OH is 4. The molecule has 3 aliphatic heterocycles. The number of aliphatic hydroxyl groups is 4. The van der Waals surface area contributed by atoms with E-state index >= 15 is 0 Å². The minimum Gasteiger partial charge on any atom is -0.445 e. The number of benzene rings is 2. The first-order valence-corrected chi connectivity index (χ1v) is 37.3. The zero-order valence-electron chi connectivity index (χ0n) is 63.8. The van der Waals surface area contributed by atoms with Gasteiger partial charge in [-0.2, -0.15) is 12.6 Å². The molecule has 12 N–H and O–H groups in total. The molecule has 0 aliphatic carbocycles. The van der Waals surface area contributed by atoms with Crippen molar-refractivity contribution in [1.82, 2.24) is 46.2 Å². The van der Waals surface area contributed by atoms with E-state index in [9.17, 15) is 73.2 Å². The molecular formula is C74H117N11O20S. The van der Waals surface area contributed by atoms with Crippen LogP contribution in [0.2, 0.25) is 0 Å². The number of methoxy groups -OCH3 is 2. The third-order valence-corrected chi connectivity index (χ3v) is 20.5. The van der Waals surface area contributed by atoms with Gasteiger partial charge in [-0.3, -0.25) is 53.0 Å². The third kappa shape index (κ3) is 24.7. The monoisotopic (exact) mass is 1510 g/mol. The highest BCUT2D eigenvalue weighted by Crippen LogP contribution is 2.33. The number of carbonyl (C=O) groups is 11. The van der Waals surface area contributed by atoms with E-state index in [0.29, 0.717) is 61.9 Å². The van der Waals surface area contributed by atoms with Crippen molar-refractivity contribution in [2.45, 2.75) is 243 Å². The number of amides is 12. The van der Waals surface area contributed by atoms with Gasteiger partial charge in [-0.05, 0) is 92.4 Å². The Morgan fingerprint density at radius 2 is 1.41 bits per heavy atom. The number of rotatable bonds is 41. The molecule has 106 heavy (non-hydrogen) atoms. The molecule has 3 fully saturated rings. The van der Waals surface area contributed by atoms with E-state index in [0.717, 1.165) is 4.90 Å². The second kappa shape index (κ2) is 42.8. The second-order valence-corrected chi connectivity index (χ2v) is 29.6. The summed E-state index contributed by atoms with van der Waals surface area (Å²) < 4.78 is 29.8. The summed E-state index contributed by atoms with van der Waals surface area (Å²) in [6, 6.07) is 7.98. The van der Waals surface area contributed by atoms with E-state index in [1.165, 1.54) is 31.1 Å². The fourth-order valence-electron chi connectivity index (χ4n) is 13.8. The van der Waals surface area contributed by atoms with E-state index in [1.54, 1.807) is 122 Å². The van der Waals surface area contributed by atoms with Crippen LogP contribution >= 0.6 is 12.6 Å². The quantitative estimate of drug-likeness (QED) is 0.0259. The summed E-state index contributed by atoms with van der Waals surface area (Å²) >= 11 is 4.15. The lowest BCUT2D eigenvalue weighted by molar-refractivity contribution is -0.314. The van der Waals surface area contributed by atoms with E-state index < -0.39 is 168 Å². The molecule has 0 bridgehead atoms. The van der Waals surface area contributed by atoms with Crippen LogP contribution < -0.4 is 37.6 Å². The third-order valence-electron chi connectivity index (χ3n) is 20.1. The van der Waals surface area contributed by atoms with E-state index in [1.807, 2.05) is 13.8 Å². The van der Waals surface area contributed by atoms with Crippen molar-refractivity contribution in [2.24, 2.45) is 35.3 Å². The smallest absolute Gasteiger partial charge is 0.410 e. The van der Waals surface area contributed by atoms with E-state index in [4.69, 9.17) is 29.4 Å². The summed E-state index contributed by atoms with van der Waals surface area (Å²) in [5, 5.41) is 57.7. The number of carbonyl (C=O) groups excluding carboxylic acids is 11. The Morgan fingerprint density at radius 3 is 1.98 bits per heavy atom. The van der Waals surface area contributed by atoms with Crippen LogP contribution in [-0.4, -0.2) is 250 Å². The first-order chi connectivity index (χ1) is 50.1. The number of urea groups is 1. The van der Waals surface area contributed by atoms with Gasteiger partial charge < -0.3 is 91.5 Å². The minimum atomic E-state index is -1.70. The lowest BCUT2D eigenvalue weighted by atomic mass is 9.89. The average molecular weight is 1510 g/mol. The molecule has 0 spiro atoms. The Hall–Kier alpha value is -7.56. The van der Waals surface area contributed by atoms with Crippen molar-refractivity contribution in [1.29, 1.82) is 0 Å². The van der Waals surface area contributed by atoms with Crippen LogP contribution in [0.4, 0.5) is 15.3 Å². The number of likely N-dealkylation sites (tertiary alicyclic amines) is 2. The molecule has 0 saturated carbocycles. The number of anilines is 1. The van der Waals surface area contributed by atoms with Crippen molar-refractivity contribution in [3.05, 3.63) is 65.7 Å². The number of nitrogens with one attached hydrogen (secondary N) is 6. The molecule has 31 nitrogen and oxygen atoms in total. The van der Waals surface area contributed by atoms with Gasteiger partial charge in [-0.25, -0.2) is 9.59 Å². The number of nitrogens with two attached hydrogens (primary N) is 1. The Labute approximate surface area is 627 Å². The highest BCUT2D eigenvalue weighted by atomic mass is 32.1. The fourth-order valence-corrected chi connectivity index (χ4v) is 14.1. The summed E-state index contributed by atoms with van der Waals surface area (Å²) in [5.41, 5.74) is 6.67. The topological polar surface area (TPSA) is 426 Å². The molecule has 594 valence electrons.